The van der Waals surface area contributed by atoms with Crippen LogP contribution in [0.5, 0.6) is 11.5 Å². The number of rotatable bonds is 2. The molecule has 3 nitrogen and oxygen atoms in total. The van der Waals surface area contributed by atoms with Crippen LogP contribution in [0.1, 0.15) is 24.3 Å². The van der Waals surface area contributed by atoms with E-state index in [2.05, 4.69) is 6.92 Å². The van der Waals surface area contributed by atoms with Gasteiger partial charge < -0.3 is 14.2 Å². The second kappa shape index (κ2) is 4.98. The van der Waals surface area contributed by atoms with Crippen molar-refractivity contribution in [3.63, 3.8) is 0 Å². The molecule has 1 aromatic carbocycles. The molecule has 0 amide bonds. The molecule has 0 spiro atoms. The molecular formula is C14H17ClO3. The Balaban J connectivity index is 1.79. The molecule has 4 heteroatoms. The van der Waals surface area contributed by atoms with E-state index in [1.807, 2.05) is 18.2 Å². The summed E-state index contributed by atoms with van der Waals surface area (Å²) in [5.41, 5.74) is 1.09. The van der Waals surface area contributed by atoms with Crippen LogP contribution in [0.3, 0.4) is 0 Å². The highest BCUT2D eigenvalue weighted by Gasteiger charge is 2.30. The van der Waals surface area contributed by atoms with Gasteiger partial charge in [0.1, 0.15) is 13.2 Å². The van der Waals surface area contributed by atoms with Crippen molar-refractivity contribution < 1.29 is 14.2 Å². The Labute approximate surface area is 112 Å². The third-order valence-electron chi connectivity index (χ3n) is 3.53. The van der Waals surface area contributed by atoms with Crippen LogP contribution < -0.4 is 9.47 Å². The van der Waals surface area contributed by atoms with Gasteiger partial charge in [-0.05, 0) is 31.0 Å². The van der Waals surface area contributed by atoms with Crippen molar-refractivity contribution >= 4 is 11.6 Å². The van der Waals surface area contributed by atoms with Crippen LogP contribution in [0.4, 0.5) is 0 Å². The fourth-order valence-corrected chi connectivity index (χ4v) is 2.87. The molecule has 1 fully saturated rings. The Morgan fingerprint density at radius 3 is 2.72 bits per heavy atom. The van der Waals surface area contributed by atoms with Crippen LogP contribution in [0, 0.1) is 5.92 Å². The zero-order valence-electron chi connectivity index (χ0n) is 10.4. The van der Waals surface area contributed by atoms with Gasteiger partial charge in [0.2, 0.25) is 0 Å². The van der Waals surface area contributed by atoms with Crippen molar-refractivity contribution in [3.8, 4) is 11.5 Å². The lowest BCUT2D eigenvalue weighted by atomic mass is 9.96. The van der Waals surface area contributed by atoms with Gasteiger partial charge in [0.25, 0.3) is 0 Å². The smallest absolute Gasteiger partial charge is 0.161 e. The highest BCUT2D eigenvalue weighted by atomic mass is 35.5. The number of ether oxygens (including phenoxy) is 3. The van der Waals surface area contributed by atoms with Gasteiger partial charge in [-0.1, -0.05) is 6.07 Å². The van der Waals surface area contributed by atoms with E-state index in [1.165, 1.54) is 0 Å². The van der Waals surface area contributed by atoms with Crippen LogP contribution in [0.2, 0.25) is 0 Å². The quantitative estimate of drug-likeness (QED) is 0.771. The number of halogens is 1. The third kappa shape index (κ3) is 2.29. The van der Waals surface area contributed by atoms with Gasteiger partial charge in [0.05, 0.1) is 18.1 Å². The number of alkyl halides is 1. The summed E-state index contributed by atoms with van der Waals surface area (Å²) in [6.45, 7) is 4.05. The Kier molecular flexibility index (Phi) is 3.35. The highest BCUT2D eigenvalue weighted by molar-refractivity contribution is 6.21. The van der Waals surface area contributed by atoms with Gasteiger partial charge >= 0.3 is 0 Å². The minimum atomic E-state index is -0.0224. The molecular weight excluding hydrogens is 252 g/mol. The minimum absolute atomic E-state index is 0.0224. The highest BCUT2D eigenvalue weighted by Crippen LogP contribution is 2.40. The normalized spacial score (nSPS) is 28.1. The molecule has 2 aliphatic rings. The summed E-state index contributed by atoms with van der Waals surface area (Å²) >= 11 is 6.54. The molecule has 0 N–H and O–H groups in total. The number of hydrogen-bond acceptors (Lipinski definition) is 3. The van der Waals surface area contributed by atoms with E-state index in [1.54, 1.807) is 0 Å². The fourth-order valence-electron chi connectivity index (χ4n) is 2.56. The zero-order chi connectivity index (χ0) is 12.5. The third-order valence-corrected chi connectivity index (χ3v) is 4.14. The molecule has 18 heavy (non-hydrogen) atoms. The Morgan fingerprint density at radius 1 is 1.22 bits per heavy atom. The summed E-state index contributed by atoms with van der Waals surface area (Å²) in [6.07, 6.45) is 1.33. The molecule has 0 aromatic heterocycles. The standard InChI is InChI=1S/C14H17ClO3/c1-9-6-11(8-18-9)14(15)10-2-3-12-13(7-10)17-5-4-16-12/h2-3,7,9,11,14H,4-6,8H2,1H3. The van der Waals surface area contributed by atoms with E-state index in [4.69, 9.17) is 25.8 Å². The van der Waals surface area contributed by atoms with E-state index in [-0.39, 0.29) is 5.38 Å². The van der Waals surface area contributed by atoms with Crippen molar-refractivity contribution in [1.82, 2.24) is 0 Å². The molecule has 1 saturated heterocycles. The predicted octanol–water partition coefficient (Wildman–Crippen LogP) is 3.16. The molecule has 0 saturated carbocycles. The Hall–Kier alpha value is -0.930. The minimum Gasteiger partial charge on any atom is -0.486 e. The van der Waals surface area contributed by atoms with Crippen LogP contribution >= 0.6 is 11.6 Å². The molecule has 3 unspecified atom stereocenters. The predicted molar refractivity (Wildman–Crippen MR) is 69.5 cm³/mol. The van der Waals surface area contributed by atoms with E-state index in [9.17, 15) is 0 Å². The van der Waals surface area contributed by atoms with Crippen molar-refractivity contribution in [2.75, 3.05) is 19.8 Å². The fraction of sp³-hybridized carbons (Fsp3) is 0.571. The number of fused-ring (bicyclic) bond motifs is 1. The van der Waals surface area contributed by atoms with Gasteiger partial charge in [0, 0.05) is 5.92 Å². The maximum atomic E-state index is 6.54. The number of benzene rings is 1. The van der Waals surface area contributed by atoms with Crippen molar-refractivity contribution in [3.05, 3.63) is 23.8 Å². The van der Waals surface area contributed by atoms with E-state index in [0.29, 0.717) is 25.2 Å². The van der Waals surface area contributed by atoms with E-state index < -0.39 is 0 Å². The SMILES string of the molecule is CC1CC(C(Cl)c2ccc3c(c2)OCCO3)CO1. The molecule has 2 aliphatic heterocycles. The number of hydrogen-bond donors (Lipinski definition) is 0. The molecule has 3 atom stereocenters. The van der Waals surface area contributed by atoms with Crippen LogP contribution in [0.15, 0.2) is 18.2 Å². The summed E-state index contributed by atoms with van der Waals surface area (Å²) in [5, 5.41) is -0.0224. The topological polar surface area (TPSA) is 27.7 Å². The first-order chi connectivity index (χ1) is 8.74. The largest absolute Gasteiger partial charge is 0.486 e. The molecule has 0 aliphatic carbocycles. The maximum absolute atomic E-state index is 6.54. The van der Waals surface area contributed by atoms with Crippen molar-refractivity contribution in [2.24, 2.45) is 5.92 Å². The zero-order valence-corrected chi connectivity index (χ0v) is 11.2. The lowest BCUT2D eigenvalue weighted by Crippen LogP contribution is -2.16. The molecule has 0 radical (unpaired) electrons. The Bertz CT molecular complexity index is 435. The van der Waals surface area contributed by atoms with Crippen LogP contribution in [-0.2, 0) is 4.74 Å². The molecule has 2 heterocycles. The average molecular weight is 269 g/mol. The summed E-state index contributed by atoms with van der Waals surface area (Å²) < 4.78 is 16.7. The Morgan fingerprint density at radius 2 is 2.00 bits per heavy atom. The van der Waals surface area contributed by atoms with Gasteiger partial charge in [-0.2, -0.15) is 0 Å². The molecule has 98 valence electrons. The summed E-state index contributed by atoms with van der Waals surface area (Å²) in [4.78, 5) is 0. The lowest BCUT2D eigenvalue weighted by Gasteiger charge is -2.21. The van der Waals surface area contributed by atoms with Gasteiger partial charge in [-0.3, -0.25) is 0 Å². The van der Waals surface area contributed by atoms with E-state index >= 15 is 0 Å². The van der Waals surface area contributed by atoms with Crippen molar-refractivity contribution in [1.29, 1.82) is 0 Å². The van der Waals surface area contributed by atoms with Crippen molar-refractivity contribution in [2.45, 2.75) is 24.8 Å². The first-order valence-electron chi connectivity index (χ1n) is 6.39. The molecule has 0 bridgehead atoms. The first-order valence-corrected chi connectivity index (χ1v) is 6.83. The average Bonchev–Trinajstić information content (AvgIpc) is 2.84. The molecule has 3 rings (SSSR count). The second-order valence-corrected chi connectivity index (χ2v) is 5.41. The summed E-state index contributed by atoms with van der Waals surface area (Å²) in [5.74, 6) is 1.99. The van der Waals surface area contributed by atoms with Crippen LogP contribution in [-0.4, -0.2) is 25.9 Å². The summed E-state index contributed by atoms with van der Waals surface area (Å²) in [7, 11) is 0. The summed E-state index contributed by atoms with van der Waals surface area (Å²) in [6, 6.07) is 5.96. The lowest BCUT2D eigenvalue weighted by molar-refractivity contribution is 0.119. The van der Waals surface area contributed by atoms with Gasteiger partial charge in [0.15, 0.2) is 11.5 Å². The second-order valence-electron chi connectivity index (χ2n) is 4.94. The maximum Gasteiger partial charge on any atom is 0.161 e. The van der Waals surface area contributed by atoms with E-state index in [0.717, 1.165) is 30.1 Å². The molecule has 1 aromatic rings. The van der Waals surface area contributed by atoms with Gasteiger partial charge in [-0.15, -0.1) is 11.6 Å². The van der Waals surface area contributed by atoms with Crippen LogP contribution in [0.25, 0.3) is 0 Å². The monoisotopic (exact) mass is 268 g/mol. The van der Waals surface area contributed by atoms with Gasteiger partial charge in [-0.25, -0.2) is 0 Å². The first kappa shape index (κ1) is 12.1.